The SMILES string of the molecule is Cc1cc(Cl)ccc1Nc1ncc(Br)cc1C#N. The molecule has 0 saturated carbocycles. The smallest absolute Gasteiger partial charge is 0.148 e. The Morgan fingerprint density at radius 1 is 1.39 bits per heavy atom. The third-order valence-corrected chi connectivity index (χ3v) is 3.09. The molecule has 0 bridgehead atoms. The first-order valence-electron chi connectivity index (χ1n) is 5.19. The van der Waals surface area contributed by atoms with Gasteiger partial charge in [-0.2, -0.15) is 5.26 Å². The van der Waals surface area contributed by atoms with Crippen LogP contribution < -0.4 is 5.32 Å². The Morgan fingerprint density at radius 3 is 2.83 bits per heavy atom. The Balaban J connectivity index is 2.37. The van der Waals surface area contributed by atoms with Gasteiger partial charge in [-0.3, -0.25) is 0 Å². The number of aromatic nitrogens is 1. The fraction of sp³-hybridized carbons (Fsp3) is 0.0769. The van der Waals surface area contributed by atoms with Crippen LogP contribution in [0.3, 0.4) is 0 Å². The van der Waals surface area contributed by atoms with Crippen molar-refractivity contribution in [3.8, 4) is 6.07 Å². The van der Waals surface area contributed by atoms with E-state index in [1.165, 1.54) is 0 Å². The topological polar surface area (TPSA) is 48.7 Å². The number of aryl methyl sites for hydroxylation is 1. The number of anilines is 2. The van der Waals surface area contributed by atoms with Gasteiger partial charge in [0.2, 0.25) is 0 Å². The quantitative estimate of drug-likeness (QED) is 0.890. The summed E-state index contributed by atoms with van der Waals surface area (Å²) >= 11 is 9.19. The van der Waals surface area contributed by atoms with Gasteiger partial charge < -0.3 is 5.32 Å². The number of nitriles is 1. The molecule has 0 atom stereocenters. The molecule has 0 spiro atoms. The Bertz CT molecular complexity index is 635. The minimum atomic E-state index is 0.485. The van der Waals surface area contributed by atoms with Gasteiger partial charge in [0, 0.05) is 21.4 Å². The van der Waals surface area contributed by atoms with Crippen molar-refractivity contribution >= 4 is 39.0 Å². The van der Waals surface area contributed by atoms with Crippen LogP contribution >= 0.6 is 27.5 Å². The Morgan fingerprint density at radius 2 is 2.17 bits per heavy atom. The van der Waals surface area contributed by atoms with Crippen molar-refractivity contribution < 1.29 is 0 Å². The molecule has 0 unspecified atom stereocenters. The van der Waals surface area contributed by atoms with Crippen molar-refractivity contribution in [1.29, 1.82) is 5.26 Å². The molecule has 3 nitrogen and oxygen atoms in total. The number of benzene rings is 1. The van der Waals surface area contributed by atoms with Crippen LogP contribution in [0.1, 0.15) is 11.1 Å². The van der Waals surface area contributed by atoms with Crippen LogP contribution in [0.2, 0.25) is 5.02 Å². The molecule has 0 fully saturated rings. The van der Waals surface area contributed by atoms with E-state index < -0.39 is 0 Å². The number of hydrogen-bond acceptors (Lipinski definition) is 3. The van der Waals surface area contributed by atoms with E-state index >= 15 is 0 Å². The van der Waals surface area contributed by atoms with Gasteiger partial charge in [0.1, 0.15) is 11.9 Å². The number of pyridine rings is 1. The van der Waals surface area contributed by atoms with E-state index in [-0.39, 0.29) is 0 Å². The van der Waals surface area contributed by atoms with E-state index in [1.54, 1.807) is 18.3 Å². The van der Waals surface area contributed by atoms with Crippen molar-refractivity contribution in [1.82, 2.24) is 4.98 Å². The number of hydrogen-bond donors (Lipinski definition) is 1. The molecule has 1 N–H and O–H groups in total. The predicted molar refractivity (Wildman–Crippen MR) is 76.1 cm³/mol. The van der Waals surface area contributed by atoms with E-state index in [4.69, 9.17) is 16.9 Å². The summed E-state index contributed by atoms with van der Waals surface area (Å²) in [6.07, 6.45) is 1.65. The zero-order valence-corrected chi connectivity index (χ0v) is 11.9. The minimum absolute atomic E-state index is 0.485. The van der Waals surface area contributed by atoms with Crippen LogP contribution in [-0.4, -0.2) is 4.98 Å². The third-order valence-electron chi connectivity index (χ3n) is 2.42. The zero-order chi connectivity index (χ0) is 13.1. The highest BCUT2D eigenvalue weighted by Crippen LogP contribution is 2.25. The van der Waals surface area contributed by atoms with Crippen LogP contribution in [0.25, 0.3) is 0 Å². The van der Waals surface area contributed by atoms with Gasteiger partial charge in [-0.25, -0.2) is 4.98 Å². The lowest BCUT2D eigenvalue weighted by Gasteiger charge is -2.10. The summed E-state index contributed by atoms with van der Waals surface area (Å²) in [7, 11) is 0. The summed E-state index contributed by atoms with van der Waals surface area (Å²) in [5, 5.41) is 12.9. The van der Waals surface area contributed by atoms with Crippen molar-refractivity contribution in [2.45, 2.75) is 6.92 Å². The van der Waals surface area contributed by atoms with E-state index in [1.807, 2.05) is 19.1 Å². The third kappa shape index (κ3) is 2.81. The largest absolute Gasteiger partial charge is 0.339 e. The normalized spacial score (nSPS) is 9.89. The molecule has 1 heterocycles. The van der Waals surface area contributed by atoms with Crippen LogP contribution in [0, 0.1) is 18.3 Å². The number of nitrogens with zero attached hydrogens (tertiary/aromatic N) is 2. The fourth-order valence-electron chi connectivity index (χ4n) is 1.52. The highest BCUT2D eigenvalue weighted by Gasteiger charge is 2.06. The summed E-state index contributed by atoms with van der Waals surface area (Å²) in [6, 6.07) is 9.34. The summed E-state index contributed by atoms with van der Waals surface area (Å²) < 4.78 is 0.775. The molecule has 90 valence electrons. The molecule has 2 rings (SSSR count). The highest BCUT2D eigenvalue weighted by atomic mass is 79.9. The molecule has 0 radical (unpaired) electrons. The van der Waals surface area contributed by atoms with E-state index in [9.17, 15) is 0 Å². The molecule has 0 aliphatic rings. The molecule has 5 heteroatoms. The van der Waals surface area contributed by atoms with Crippen LogP contribution in [0.5, 0.6) is 0 Å². The van der Waals surface area contributed by atoms with Crippen LogP contribution in [0.15, 0.2) is 34.9 Å². The molecule has 0 aliphatic heterocycles. The Hall–Kier alpha value is -1.57. The van der Waals surface area contributed by atoms with Crippen molar-refractivity contribution in [3.05, 3.63) is 51.1 Å². The highest BCUT2D eigenvalue weighted by molar-refractivity contribution is 9.10. The predicted octanol–water partition coefficient (Wildman–Crippen LogP) is 4.42. The van der Waals surface area contributed by atoms with Gasteiger partial charge in [-0.15, -0.1) is 0 Å². The molecule has 1 aromatic heterocycles. The molecule has 0 saturated heterocycles. The number of halogens is 2. The van der Waals surface area contributed by atoms with E-state index in [0.717, 1.165) is 15.7 Å². The monoisotopic (exact) mass is 321 g/mol. The van der Waals surface area contributed by atoms with Gasteiger partial charge in [0.25, 0.3) is 0 Å². The van der Waals surface area contributed by atoms with Crippen LogP contribution in [0.4, 0.5) is 11.5 Å². The summed E-state index contributed by atoms with van der Waals surface area (Å²) in [4.78, 5) is 4.19. The molecular formula is C13H9BrClN3. The van der Waals surface area contributed by atoms with Gasteiger partial charge in [0.15, 0.2) is 0 Å². The maximum absolute atomic E-state index is 9.06. The molecule has 0 amide bonds. The first-order valence-corrected chi connectivity index (χ1v) is 6.36. The standard InChI is InChI=1S/C13H9BrClN3/c1-8-4-11(15)2-3-12(8)18-13-9(6-16)5-10(14)7-17-13/h2-5,7H,1H3,(H,17,18). The average Bonchev–Trinajstić information content (AvgIpc) is 2.34. The van der Waals surface area contributed by atoms with Crippen molar-refractivity contribution in [3.63, 3.8) is 0 Å². The number of nitrogens with one attached hydrogen (secondary N) is 1. The summed E-state index contributed by atoms with van der Waals surface area (Å²) in [6.45, 7) is 1.94. The van der Waals surface area contributed by atoms with Gasteiger partial charge in [-0.05, 0) is 52.7 Å². The second kappa shape index (κ2) is 5.38. The molecule has 0 aliphatic carbocycles. The maximum Gasteiger partial charge on any atom is 0.148 e. The second-order valence-corrected chi connectivity index (χ2v) is 5.10. The average molecular weight is 323 g/mol. The first kappa shape index (κ1) is 12.9. The minimum Gasteiger partial charge on any atom is -0.339 e. The van der Waals surface area contributed by atoms with Gasteiger partial charge in [-0.1, -0.05) is 11.6 Å². The Labute approximate surface area is 119 Å². The molecule has 2 aromatic rings. The zero-order valence-electron chi connectivity index (χ0n) is 9.54. The Kier molecular flexibility index (Phi) is 3.85. The van der Waals surface area contributed by atoms with E-state index in [0.29, 0.717) is 16.4 Å². The molecule has 1 aromatic carbocycles. The van der Waals surface area contributed by atoms with Crippen molar-refractivity contribution in [2.24, 2.45) is 0 Å². The lowest BCUT2D eigenvalue weighted by atomic mass is 10.2. The maximum atomic E-state index is 9.06. The van der Waals surface area contributed by atoms with E-state index in [2.05, 4.69) is 32.3 Å². The number of rotatable bonds is 2. The van der Waals surface area contributed by atoms with Crippen molar-refractivity contribution in [2.75, 3.05) is 5.32 Å². The lowest BCUT2D eigenvalue weighted by molar-refractivity contribution is 1.26. The fourth-order valence-corrected chi connectivity index (χ4v) is 2.08. The second-order valence-electron chi connectivity index (χ2n) is 3.75. The van der Waals surface area contributed by atoms with Crippen LogP contribution in [-0.2, 0) is 0 Å². The molecule has 18 heavy (non-hydrogen) atoms. The summed E-state index contributed by atoms with van der Waals surface area (Å²) in [5.74, 6) is 0.533. The summed E-state index contributed by atoms with van der Waals surface area (Å²) in [5.41, 5.74) is 2.36. The van der Waals surface area contributed by atoms with Gasteiger partial charge >= 0.3 is 0 Å². The first-order chi connectivity index (χ1) is 8.60. The lowest BCUT2D eigenvalue weighted by Crippen LogP contribution is -1.98. The molecular weight excluding hydrogens is 314 g/mol. The van der Waals surface area contributed by atoms with Gasteiger partial charge in [0.05, 0.1) is 5.56 Å².